The summed E-state index contributed by atoms with van der Waals surface area (Å²) >= 11 is 6.76. The highest BCUT2D eigenvalue weighted by Crippen LogP contribution is 2.26. The van der Waals surface area contributed by atoms with Crippen LogP contribution >= 0.6 is 31.9 Å². The molecular weight excluding hydrogens is 384 g/mol. The van der Waals surface area contributed by atoms with Crippen molar-refractivity contribution in [3.63, 3.8) is 0 Å². The van der Waals surface area contributed by atoms with E-state index in [4.69, 9.17) is 4.42 Å². The number of hydrogen-bond acceptors (Lipinski definition) is 3. The molecule has 3 nitrogen and oxygen atoms in total. The van der Waals surface area contributed by atoms with Crippen molar-refractivity contribution in [3.05, 3.63) is 56.4 Å². The molecule has 2 rings (SSSR count). The second-order valence-electron chi connectivity index (χ2n) is 4.94. The van der Waals surface area contributed by atoms with Crippen molar-refractivity contribution in [3.8, 4) is 0 Å². The van der Waals surface area contributed by atoms with Crippen molar-refractivity contribution in [2.24, 2.45) is 0 Å². The Hall–Kier alpha value is -0.620. The van der Waals surface area contributed by atoms with Crippen LogP contribution in [0.4, 0.5) is 0 Å². The highest BCUT2D eigenvalue weighted by molar-refractivity contribution is 9.13. The normalized spacial score (nSPS) is 11.2. The van der Waals surface area contributed by atoms with Crippen molar-refractivity contribution in [2.45, 2.75) is 19.6 Å². The van der Waals surface area contributed by atoms with E-state index in [0.29, 0.717) is 6.54 Å². The molecule has 1 aromatic carbocycles. The van der Waals surface area contributed by atoms with Crippen LogP contribution < -0.4 is 5.32 Å². The van der Waals surface area contributed by atoms with Crippen LogP contribution in [0.1, 0.15) is 16.9 Å². The summed E-state index contributed by atoms with van der Waals surface area (Å²) in [5, 5.41) is 3.42. The molecule has 0 aliphatic rings. The molecule has 0 bridgehead atoms. The SMILES string of the molecule is CN(C)Cc1ccccc1CNCc1cc(Br)c(Br)o1. The smallest absolute Gasteiger partial charge is 0.183 e. The maximum absolute atomic E-state index is 5.55. The highest BCUT2D eigenvalue weighted by atomic mass is 79.9. The molecule has 0 amide bonds. The fourth-order valence-corrected chi connectivity index (χ4v) is 2.68. The number of halogens is 2. The molecule has 0 aliphatic carbocycles. The molecule has 0 radical (unpaired) electrons. The predicted octanol–water partition coefficient (Wildman–Crippen LogP) is 4.16. The van der Waals surface area contributed by atoms with Crippen molar-refractivity contribution in [2.75, 3.05) is 14.1 Å². The van der Waals surface area contributed by atoms with E-state index in [9.17, 15) is 0 Å². The number of furan rings is 1. The van der Waals surface area contributed by atoms with Crippen LogP contribution in [0.5, 0.6) is 0 Å². The van der Waals surface area contributed by atoms with Crippen molar-refractivity contribution in [1.82, 2.24) is 10.2 Å². The minimum Gasteiger partial charge on any atom is -0.452 e. The molecule has 1 N–H and O–H groups in total. The number of nitrogens with one attached hydrogen (secondary N) is 1. The summed E-state index contributed by atoms with van der Waals surface area (Å²) in [5.41, 5.74) is 2.68. The zero-order chi connectivity index (χ0) is 14.5. The lowest BCUT2D eigenvalue weighted by atomic mass is 10.1. The number of nitrogens with zero attached hydrogens (tertiary/aromatic N) is 1. The van der Waals surface area contributed by atoms with Crippen LogP contribution in [0.25, 0.3) is 0 Å². The zero-order valence-corrected chi connectivity index (χ0v) is 14.8. The summed E-state index contributed by atoms with van der Waals surface area (Å²) in [5.74, 6) is 0.911. The van der Waals surface area contributed by atoms with E-state index in [1.807, 2.05) is 6.07 Å². The van der Waals surface area contributed by atoms with E-state index in [2.05, 4.69) is 80.4 Å². The van der Waals surface area contributed by atoms with Gasteiger partial charge in [-0.05, 0) is 63.1 Å². The summed E-state index contributed by atoms with van der Waals surface area (Å²) in [7, 11) is 4.17. The van der Waals surface area contributed by atoms with Gasteiger partial charge in [0.15, 0.2) is 4.67 Å². The minimum atomic E-state index is 0.709. The molecule has 20 heavy (non-hydrogen) atoms. The standard InChI is InChI=1S/C15H18Br2N2O/c1-19(2)10-12-6-4-3-5-11(12)8-18-9-13-7-14(16)15(17)20-13/h3-7,18H,8-10H2,1-2H3. The van der Waals surface area contributed by atoms with E-state index in [-0.39, 0.29) is 0 Å². The Labute approximate surface area is 136 Å². The van der Waals surface area contributed by atoms with E-state index >= 15 is 0 Å². The number of rotatable bonds is 6. The van der Waals surface area contributed by atoms with Crippen molar-refractivity contribution < 1.29 is 4.42 Å². The van der Waals surface area contributed by atoms with E-state index in [0.717, 1.165) is 28.0 Å². The number of hydrogen-bond donors (Lipinski definition) is 1. The van der Waals surface area contributed by atoms with Gasteiger partial charge in [0.1, 0.15) is 5.76 Å². The van der Waals surface area contributed by atoms with E-state index < -0.39 is 0 Å². The van der Waals surface area contributed by atoms with Gasteiger partial charge in [-0.3, -0.25) is 0 Å². The molecule has 0 atom stereocenters. The van der Waals surface area contributed by atoms with Crippen LogP contribution in [0, 0.1) is 0 Å². The lowest BCUT2D eigenvalue weighted by Crippen LogP contribution is -2.17. The lowest BCUT2D eigenvalue weighted by Gasteiger charge is -2.14. The largest absolute Gasteiger partial charge is 0.452 e. The van der Waals surface area contributed by atoms with Gasteiger partial charge in [-0.2, -0.15) is 0 Å². The molecule has 0 unspecified atom stereocenters. The van der Waals surface area contributed by atoms with Gasteiger partial charge in [0.05, 0.1) is 11.0 Å². The van der Waals surface area contributed by atoms with Crippen LogP contribution in [0.15, 0.2) is 43.9 Å². The van der Waals surface area contributed by atoms with Gasteiger partial charge < -0.3 is 14.6 Å². The molecule has 0 aliphatic heterocycles. The van der Waals surface area contributed by atoms with Gasteiger partial charge in [-0.1, -0.05) is 24.3 Å². The Morgan fingerprint density at radius 3 is 2.40 bits per heavy atom. The topological polar surface area (TPSA) is 28.4 Å². The first-order valence-corrected chi connectivity index (χ1v) is 8.01. The van der Waals surface area contributed by atoms with E-state index in [1.165, 1.54) is 11.1 Å². The minimum absolute atomic E-state index is 0.709. The van der Waals surface area contributed by atoms with Gasteiger partial charge in [-0.25, -0.2) is 0 Å². The van der Waals surface area contributed by atoms with Gasteiger partial charge >= 0.3 is 0 Å². The van der Waals surface area contributed by atoms with Crippen LogP contribution in [0.2, 0.25) is 0 Å². The molecule has 0 spiro atoms. The quantitative estimate of drug-likeness (QED) is 0.787. The summed E-state index contributed by atoms with van der Waals surface area (Å²) in [6.45, 7) is 2.50. The summed E-state index contributed by atoms with van der Waals surface area (Å²) in [6.07, 6.45) is 0. The second-order valence-corrected chi connectivity index (χ2v) is 6.52. The van der Waals surface area contributed by atoms with E-state index in [1.54, 1.807) is 0 Å². The van der Waals surface area contributed by atoms with Crippen LogP contribution in [0.3, 0.4) is 0 Å². The Bertz CT molecular complexity index is 547. The fourth-order valence-electron chi connectivity index (χ4n) is 2.02. The number of benzene rings is 1. The van der Waals surface area contributed by atoms with Gasteiger partial charge in [-0.15, -0.1) is 0 Å². The Morgan fingerprint density at radius 1 is 1.10 bits per heavy atom. The Balaban J connectivity index is 1.93. The first kappa shape index (κ1) is 15.8. The average molecular weight is 402 g/mol. The molecule has 0 saturated carbocycles. The molecule has 0 saturated heterocycles. The third-order valence-electron chi connectivity index (χ3n) is 2.92. The maximum atomic E-state index is 5.55. The van der Waals surface area contributed by atoms with Gasteiger partial charge in [0, 0.05) is 13.1 Å². The summed E-state index contributed by atoms with van der Waals surface area (Å²) < 4.78 is 7.23. The zero-order valence-electron chi connectivity index (χ0n) is 11.6. The van der Waals surface area contributed by atoms with Crippen molar-refractivity contribution in [1.29, 1.82) is 0 Å². The summed E-state index contributed by atoms with van der Waals surface area (Å²) in [6, 6.07) is 10.5. The maximum Gasteiger partial charge on any atom is 0.183 e. The van der Waals surface area contributed by atoms with Crippen LogP contribution in [-0.2, 0) is 19.6 Å². The molecular formula is C15H18Br2N2O. The Morgan fingerprint density at radius 2 is 1.80 bits per heavy atom. The third kappa shape index (κ3) is 4.45. The third-order valence-corrected chi connectivity index (χ3v) is 4.63. The molecule has 0 fully saturated rings. The van der Waals surface area contributed by atoms with Crippen LogP contribution in [-0.4, -0.2) is 19.0 Å². The highest BCUT2D eigenvalue weighted by Gasteiger charge is 2.06. The molecule has 1 heterocycles. The fraction of sp³-hybridized carbons (Fsp3) is 0.333. The van der Waals surface area contributed by atoms with Crippen molar-refractivity contribution >= 4 is 31.9 Å². The average Bonchev–Trinajstić information content (AvgIpc) is 2.70. The second kappa shape index (κ2) is 7.41. The first-order chi connectivity index (χ1) is 9.56. The molecule has 108 valence electrons. The van der Waals surface area contributed by atoms with Gasteiger partial charge in [0.2, 0.25) is 0 Å². The first-order valence-electron chi connectivity index (χ1n) is 6.42. The van der Waals surface area contributed by atoms with Gasteiger partial charge in [0.25, 0.3) is 0 Å². The molecule has 1 aromatic heterocycles. The summed E-state index contributed by atoms with van der Waals surface area (Å²) in [4.78, 5) is 2.18. The predicted molar refractivity (Wildman–Crippen MR) is 88.5 cm³/mol. The monoisotopic (exact) mass is 400 g/mol. The lowest BCUT2D eigenvalue weighted by molar-refractivity contribution is 0.399. The molecule has 5 heteroatoms. The Kier molecular flexibility index (Phi) is 5.84. The molecule has 2 aromatic rings.